The molecular formula is C24H32IN5O3. The van der Waals surface area contributed by atoms with Crippen LogP contribution in [0.3, 0.4) is 0 Å². The maximum atomic E-state index is 12.8. The van der Waals surface area contributed by atoms with Gasteiger partial charge in [0.25, 0.3) is 0 Å². The van der Waals surface area contributed by atoms with E-state index in [0.29, 0.717) is 32.1 Å². The standard InChI is InChI=1S/C24H31N5O3.HI/c1-2-25-24(28-15-19(30)26-11-10-16-6-4-3-5-7-16)27-12-13-29-22(31)20-17-8-9-18(14-17)21(20)23(29)32;/h3-9,17-18,20-21H,2,10-15H2,1H3,(H,26,30)(H2,25,27,28);1H. The molecule has 4 atom stereocenters. The summed E-state index contributed by atoms with van der Waals surface area (Å²) in [5, 5.41) is 9.09. The molecule has 3 N–H and O–H groups in total. The molecule has 2 bridgehead atoms. The number of fused-ring (bicyclic) bond motifs is 5. The van der Waals surface area contributed by atoms with E-state index in [4.69, 9.17) is 0 Å². The van der Waals surface area contributed by atoms with Crippen LogP contribution in [0.4, 0.5) is 0 Å². The van der Waals surface area contributed by atoms with Crippen LogP contribution in [-0.2, 0) is 20.8 Å². The van der Waals surface area contributed by atoms with Gasteiger partial charge in [0.15, 0.2) is 5.96 Å². The monoisotopic (exact) mass is 565 g/mol. The van der Waals surface area contributed by atoms with Gasteiger partial charge in [-0.2, -0.15) is 0 Å². The lowest BCUT2D eigenvalue weighted by atomic mass is 9.85. The lowest BCUT2D eigenvalue weighted by Crippen LogP contribution is -2.44. The first kappa shape index (κ1) is 25.2. The number of allylic oxidation sites excluding steroid dienone is 2. The molecule has 4 unspecified atom stereocenters. The van der Waals surface area contributed by atoms with E-state index in [1.54, 1.807) is 0 Å². The summed E-state index contributed by atoms with van der Waals surface area (Å²) in [7, 11) is 0. The van der Waals surface area contributed by atoms with Gasteiger partial charge in [-0.1, -0.05) is 42.5 Å². The predicted octanol–water partition coefficient (Wildman–Crippen LogP) is 1.33. The number of hydrogen-bond acceptors (Lipinski definition) is 4. The third-order valence-corrected chi connectivity index (χ3v) is 6.49. The molecule has 8 nitrogen and oxygen atoms in total. The highest BCUT2D eigenvalue weighted by atomic mass is 127. The minimum absolute atomic E-state index is 0. The lowest BCUT2D eigenvalue weighted by Gasteiger charge is -2.18. The second-order valence-electron chi connectivity index (χ2n) is 8.54. The van der Waals surface area contributed by atoms with E-state index < -0.39 is 0 Å². The number of amides is 3. The van der Waals surface area contributed by atoms with Gasteiger partial charge in [-0.15, -0.1) is 24.0 Å². The molecule has 1 aromatic rings. The summed E-state index contributed by atoms with van der Waals surface area (Å²) >= 11 is 0. The van der Waals surface area contributed by atoms with Gasteiger partial charge in [0, 0.05) is 26.2 Å². The minimum Gasteiger partial charge on any atom is -0.357 e. The Balaban J connectivity index is 0.00000306. The zero-order chi connectivity index (χ0) is 22.5. The largest absolute Gasteiger partial charge is 0.357 e. The third kappa shape index (κ3) is 5.74. The van der Waals surface area contributed by atoms with Crippen LogP contribution < -0.4 is 16.0 Å². The van der Waals surface area contributed by atoms with Gasteiger partial charge in [-0.25, -0.2) is 4.99 Å². The molecule has 3 aliphatic rings. The van der Waals surface area contributed by atoms with Crippen molar-refractivity contribution in [2.75, 3.05) is 32.7 Å². The Morgan fingerprint density at radius 2 is 1.67 bits per heavy atom. The van der Waals surface area contributed by atoms with Crippen molar-refractivity contribution in [2.24, 2.45) is 28.7 Å². The maximum absolute atomic E-state index is 12.8. The van der Waals surface area contributed by atoms with Crippen molar-refractivity contribution >= 4 is 47.7 Å². The second-order valence-corrected chi connectivity index (χ2v) is 8.54. The minimum atomic E-state index is -0.168. The van der Waals surface area contributed by atoms with Crippen molar-refractivity contribution < 1.29 is 14.4 Å². The van der Waals surface area contributed by atoms with Crippen LogP contribution in [0.15, 0.2) is 47.5 Å². The summed E-state index contributed by atoms with van der Waals surface area (Å²) in [6.07, 6.45) is 5.90. The molecule has 178 valence electrons. The molecule has 1 aliphatic heterocycles. The number of nitrogens with one attached hydrogen (secondary N) is 3. The molecule has 2 fully saturated rings. The highest BCUT2D eigenvalue weighted by molar-refractivity contribution is 14.0. The highest BCUT2D eigenvalue weighted by Gasteiger charge is 2.58. The van der Waals surface area contributed by atoms with Crippen molar-refractivity contribution in [3.05, 3.63) is 48.0 Å². The van der Waals surface area contributed by atoms with Gasteiger partial charge in [0.1, 0.15) is 6.54 Å². The molecule has 1 saturated heterocycles. The number of rotatable bonds is 9. The van der Waals surface area contributed by atoms with Crippen LogP contribution in [0.2, 0.25) is 0 Å². The number of carbonyl (C=O) groups is 3. The number of imide groups is 1. The first-order chi connectivity index (χ1) is 15.6. The van der Waals surface area contributed by atoms with Gasteiger partial charge in [0.2, 0.25) is 17.7 Å². The van der Waals surface area contributed by atoms with E-state index in [0.717, 1.165) is 12.8 Å². The third-order valence-electron chi connectivity index (χ3n) is 6.49. The number of halogens is 1. The van der Waals surface area contributed by atoms with Crippen molar-refractivity contribution in [2.45, 2.75) is 19.8 Å². The number of aliphatic imine (C=N–C) groups is 1. The van der Waals surface area contributed by atoms with Crippen LogP contribution in [-0.4, -0.2) is 61.3 Å². The lowest BCUT2D eigenvalue weighted by molar-refractivity contribution is -0.140. The van der Waals surface area contributed by atoms with E-state index in [1.165, 1.54) is 10.5 Å². The van der Waals surface area contributed by atoms with Crippen LogP contribution >= 0.6 is 24.0 Å². The first-order valence-electron chi connectivity index (χ1n) is 11.4. The van der Waals surface area contributed by atoms with Crippen molar-refractivity contribution in [1.29, 1.82) is 0 Å². The number of hydrogen-bond donors (Lipinski definition) is 3. The number of guanidine groups is 1. The van der Waals surface area contributed by atoms with Gasteiger partial charge in [-0.3, -0.25) is 19.3 Å². The molecule has 2 aliphatic carbocycles. The maximum Gasteiger partial charge on any atom is 0.241 e. The van der Waals surface area contributed by atoms with Gasteiger partial charge in [0.05, 0.1) is 11.8 Å². The molecule has 33 heavy (non-hydrogen) atoms. The molecule has 0 spiro atoms. The number of likely N-dealkylation sites (tertiary alicyclic amines) is 1. The normalized spacial score (nSPS) is 25.1. The quantitative estimate of drug-likeness (QED) is 0.138. The Bertz CT molecular complexity index is 890. The zero-order valence-electron chi connectivity index (χ0n) is 18.8. The fourth-order valence-electron chi connectivity index (χ4n) is 5.01. The van der Waals surface area contributed by atoms with Crippen LogP contribution in [0.25, 0.3) is 0 Å². The second kappa shape index (κ2) is 11.6. The van der Waals surface area contributed by atoms with E-state index in [1.807, 2.05) is 37.3 Å². The summed E-state index contributed by atoms with van der Waals surface area (Å²) in [5.41, 5.74) is 1.17. The SMILES string of the molecule is CCNC(=NCC(=O)NCCc1ccccc1)NCCN1C(=O)C2C3C=CC(C3)C2C1=O.I. The molecule has 1 saturated carbocycles. The van der Waals surface area contributed by atoms with E-state index in [-0.39, 0.29) is 71.9 Å². The Hall–Kier alpha value is -2.43. The smallest absolute Gasteiger partial charge is 0.241 e. The molecule has 3 amide bonds. The summed E-state index contributed by atoms with van der Waals surface area (Å²) in [6.45, 7) is 3.83. The van der Waals surface area contributed by atoms with Crippen LogP contribution in [0.1, 0.15) is 18.9 Å². The van der Waals surface area contributed by atoms with Crippen molar-refractivity contribution in [1.82, 2.24) is 20.9 Å². The highest BCUT2D eigenvalue weighted by Crippen LogP contribution is 2.52. The van der Waals surface area contributed by atoms with Crippen molar-refractivity contribution in [3.8, 4) is 0 Å². The number of benzene rings is 1. The zero-order valence-corrected chi connectivity index (χ0v) is 21.2. The number of carbonyl (C=O) groups excluding carboxylic acids is 3. The predicted molar refractivity (Wildman–Crippen MR) is 137 cm³/mol. The topological polar surface area (TPSA) is 103 Å². The fraction of sp³-hybridized carbons (Fsp3) is 0.500. The first-order valence-corrected chi connectivity index (χ1v) is 11.4. The van der Waals surface area contributed by atoms with Crippen LogP contribution in [0, 0.1) is 23.7 Å². The number of nitrogens with zero attached hydrogens (tertiary/aromatic N) is 2. The summed E-state index contributed by atoms with van der Waals surface area (Å²) in [4.78, 5) is 43.3. The van der Waals surface area contributed by atoms with Gasteiger partial charge in [-0.05, 0) is 37.2 Å². The van der Waals surface area contributed by atoms with Crippen molar-refractivity contribution in [3.63, 3.8) is 0 Å². The Morgan fingerprint density at radius 3 is 2.30 bits per heavy atom. The van der Waals surface area contributed by atoms with E-state index in [2.05, 4.69) is 33.1 Å². The molecule has 1 aromatic carbocycles. The molecule has 4 rings (SSSR count). The van der Waals surface area contributed by atoms with Gasteiger partial charge >= 0.3 is 0 Å². The molecule has 1 heterocycles. The van der Waals surface area contributed by atoms with Gasteiger partial charge < -0.3 is 16.0 Å². The molecule has 0 aromatic heterocycles. The molecular weight excluding hydrogens is 533 g/mol. The molecule has 9 heteroatoms. The summed E-state index contributed by atoms with van der Waals surface area (Å²) < 4.78 is 0. The summed E-state index contributed by atoms with van der Waals surface area (Å²) in [5.74, 6) is 0.359. The van der Waals surface area contributed by atoms with E-state index in [9.17, 15) is 14.4 Å². The average Bonchev–Trinajstić information content (AvgIpc) is 3.48. The Kier molecular flexibility index (Phi) is 8.87. The fourth-order valence-corrected chi connectivity index (χ4v) is 5.01. The average molecular weight is 565 g/mol. The molecule has 0 radical (unpaired) electrons. The Morgan fingerprint density at radius 1 is 1.00 bits per heavy atom. The van der Waals surface area contributed by atoms with Crippen LogP contribution in [0.5, 0.6) is 0 Å². The summed E-state index contributed by atoms with van der Waals surface area (Å²) in [6, 6.07) is 9.98. The van der Waals surface area contributed by atoms with E-state index >= 15 is 0 Å². The Labute approximate surface area is 211 Å².